The molecule has 0 aliphatic carbocycles. The third-order valence-corrected chi connectivity index (χ3v) is 8.76. The fraction of sp³-hybridized carbons (Fsp3) is 0.400. The molecule has 1 aliphatic heterocycles. The number of rotatable bonds is 6. The monoisotopic (exact) mass is 662 g/mol. The summed E-state index contributed by atoms with van der Waals surface area (Å²) >= 11 is 1.24. The third-order valence-electron chi connectivity index (χ3n) is 7.56. The molecule has 1 N–H and O–H groups in total. The van der Waals surface area contributed by atoms with Crippen LogP contribution in [0, 0.1) is 24.1 Å². The summed E-state index contributed by atoms with van der Waals surface area (Å²) in [5.41, 5.74) is -4.04. The first-order valence-electron chi connectivity index (χ1n) is 13.3. The standard InChI is InChI=1S/C30H29F7N4OS.ClH/c1-17-11-21(31)5-6-22(17)26-25(23(15-38)24(43-26)16-41-9-7-39-8-10-41)40(4)27(42)28(2,3)18-12-19(29(32,33)34)14-20(13-18)30(35,36)37;/h5-6,11-14,39H,7-10,16H2,1-4H3;1H. The normalized spacial score (nSPS) is 14.6. The van der Waals surface area contributed by atoms with Gasteiger partial charge in [0.2, 0.25) is 5.91 Å². The summed E-state index contributed by atoms with van der Waals surface area (Å²) in [5, 5.41) is 13.5. The second-order valence-electron chi connectivity index (χ2n) is 11.0. The first kappa shape index (κ1) is 35.3. The Bertz CT molecular complexity index is 1540. The second kappa shape index (κ2) is 13.0. The Kier molecular flexibility index (Phi) is 10.5. The molecule has 4 rings (SSSR count). The van der Waals surface area contributed by atoms with Crippen molar-refractivity contribution in [1.29, 1.82) is 5.26 Å². The number of nitriles is 1. The van der Waals surface area contributed by atoms with Crippen LogP contribution in [0.25, 0.3) is 10.4 Å². The van der Waals surface area contributed by atoms with Crippen LogP contribution in [0.3, 0.4) is 0 Å². The van der Waals surface area contributed by atoms with E-state index in [1.54, 1.807) is 6.92 Å². The van der Waals surface area contributed by atoms with Crippen LogP contribution in [-0.2, 0) is 29.1 Å². The van der Waals surface area contributed by atoms with Gasteiger partial charge in [-0.25, -0.2) is 4.39 Å². The molecule has 0 radical (unpaired) electrons. The minimum atomic E-state index is -5.09. The Balaban J connectivity index is 0.00000529. The van der Waals surface area contributed by atoms with Gasteiger partial charge in [0.25, 0.3) is 0 Å². The number of hydrogen-bond acceptors (Lipinski definition) is 5. The lowest BCUT2D eigenvalue weighted by molar-refractivity contribution is -0.143. The van der Waals surface area contributed by atoms with Gasteiger partial charge in [-0.15, -0.1) is 23.7 Å². The molecule has 3 aromatic rings. The number of carbonyl (C=O) groups is 1. The quantitative estimate of drug-likeness (QED) is 0.277. The molecule has 14 heteroatoms. The van der Waals surface area contributed by atoms with Crippen LogP contribution in [0.2, 0.25) is 0 Å². The van der Waals surface area contributed by atoms with E-state index in [0.29, 0.717) is 52.6 Å². The molecule has 0 saturated carbocycles. The van der Waals surface area contributed by atoms with Crippen molar-refractivity contribution >= 4 is 35.3 Å². The number of piperazine rings is 1. The maximum absolute atomic E-state index is 14.1. The van der Waals surface area contributed by atoms with Crippen LogP contribution < -0.4 is 10.2 Å². The van der Waals surface area contributed by atoms with E-state index in [0.717, 1.165) is 18.0 Å². The summed E-state index contributed by atoms with van der Waals surface area (Å²) in [6, 6.07) is 7.31. The van der Waals surface area contributed by atoms with Gasteiger partial charge in [-0.05, 0) is 67.8 Å². The number of anilines is 1. The second-order valence-corrected chi connectivity index (χ2v) is 12.1. The number of thiophene rings is 1. The first-order chi connectivity index (χ1) is 19.9. The molecular weight excluding hydrogens is 633 g/mol. The first-order valence-corrected chi connectivity index (χ1v) is 14.1. The molecule has 0 spiro atoms. The van der Waals surface area contributed by atoms with Gasteiger partial charge >= 0.3 is 12.4 Å². The van der Waals surface area contributed by atoms with Gasteiger partial charge < -0.3 is 10.2 Å². The maximum Gasteiger partial charge on any atom is 0.416 e. The number of amides is 1. The molecule has 0 unspecified atom stereocenters. The Morgan fingerprint density at radius 3 is 2.05 bits per heavy atom. The Labute approximate surface area is 260 Å². The zero-order valence-corrected chi connectivity index (χ0v) is 25.8. The van der Waals surface area contributed by atoms with E-state index in [9.17, 15) is 40.8 Å². The van der Waals surface area contributed by atoms with Crippen molar-refractivity contribution in [3.8, 4) is 16.5 Å². The highest BCUT2D eigenvalue weighted by Crippen LogP contribution is 2.46. The predicted octanol–water partition coefficient (Wildman–Crippen LogP) is 7.54. The lowest BCUT2D eigenvalue weighted by atomic mass is 9.81. The van der Waals surface area contributed by atoms with Crippen molar-refractivity contribution in [3.05, 3.63) is 74.9 Å². The van der Waals surface area contributed by atoms with E-state index in [4.69, 9.17) is 0 Å². The summed E-state index contributed by atoms with van der Waals surface area (Å²) in [6.07, 6.45) is -10.2. The van der Waals surface area contributed by atoms with Gasteiger partial charge in [0.15, 0.2) is 0 Å². The number of likely N-dealkylation sites (N-methyl/N-ethyl adjacent to an activating group) is 1. The number of nitrogens with zero attached hydrogens (tertiary/aromatic N) is 3. The van der Waals surface area contributed by atoms with E-state index in [2.05, 4.69) is 16.3 Å². The Morgan fingerprint density at radius 2 is 1.55 bits per heavy atom. The number of carbonyl (C=O) groups excluding carboxylic acids is 1. The molecule has 1 fully saturated rings. The molecular formula is C30H30ClF7N4OS. The van der Waals surface area contributed by atoms with Crippen LogP contribution in [0.4, 0.5) is 36.4 Å². The average molecular weight is 663 g/mol. The number of aryl methyl sites for hydroxylation is 1. The van der Waals surface area contributed by atoms with Gasteiger partial charge in [-0.1, -0.05) is 6.07 Å². The number of hydrogen-bond donors (Lipinski definition) is 1. The highest BCUT2D eigenvalue weighted by Gasteiger charge is 2.42. The highest BCUT2D eigenvalue weighted by atomic mass is 35.5. The zero-order chi connectivity index (χ0) is 31.9. The highest BCUT2D eigenvalue weighted by molar-refractivity contribution is 7.16. The van der Waals surface area contributed by atoms with Crippen molar-refractivity contribution in [3.63, 3.8) is 0 Å². The molecule has 44 heavy (non-hydrogen) atoms. The van der Waals surface area contributed by atoms with Crippen LogP contribution in [0.15, 0.2) is 36.4 Å². The van der Waals surface area contributed by atoms with Gasteiger partial charge in [0.05, 0.1) is 32.7 Å². The molecule has 5 nitrogen and oxygen atoms in total. The predicted molar refractivity (Wildman–Crippen MR) is 157 cm³/mol. The molecule has 2 aromatic carbocycles. The smallest absolute Gasteiger partial charge is 0.314 e. The van der Waals surface area contributed by atoms with E-state index in [-0.39, 0.29) is 29.7 Å². The Hall–Kier alpha value is -3.18. The van der Waals surface area contributed by atoms with Crippen molar-refractivity contribution in [1.82, 2.24) is 10.2 Å². The van der Waals surface area contributed by atoms with Crippen molar-refractivity contribution in [2.75, 3.05) is 38.1 Å². The number of nitrogens with one attached hydrogen (secondary N) is 1. The minimum absolute atomic E-state index is 0. The summed E-state index contributed by atoms with van der Waals surface area (Å²) in [5.74, 6) is -1.32. The summed E-state index contributed by atoms with van der Waals surface area (Å²) in [7, 11) is 1.34. The Morgan fingerprint density at radius 1 is 1.00 bits per heavy atom. The van der Waals surface area contributed by atoms with Crippen LogP contribution >= 0.6 is 23.7 Å². The van der Waals surface area contributed by atoms with Crippen LogP contribution in [-0.4, -0.2) is 44.0 Å². The zero-order valence-electron chi connectivity index (χ0n) is 24.2. The fourth-order valence-corrected chi connectivity index (χ4v) is 6.52. The average Bonchev–Trinajstić information content (AvgIpc) is 3.29. The fourth-order valence-electron chi connectivity index (χ4n) is 5.11. The molecule has 1 amide bonds. The molecule has 238 valence electrons. The van der Waals surface area contributed by atoms with E-state index in [1.807, 2.05) is 0 Å². The van der Waals surface area contributed by atoms with Gasteiger partial charge in [0.1, 0.15) is 11.9 Å². The summed E-state index contributed by atoms with van der Waals surface area (Å²) < 4.78 is 95.7. The van der Waals surface area contributed by atoms with Gasteiger partial charge in [-0.3, -0.25) is 9.69 Å². The van der Waals surface area contributed by atoms with Gasteiger partial charge in [0, 0.05) is 44.6 Å². The molecule has 0 bridgehead atoms. The van der Waals surface area contributed by atoms with Crippen LogP contribution in [0.1, 0.15) is 46.5 Å². The van der Waals surface area contributed by atoms with E-state index >= 15 is 0 Å². The maximum atomic E-state index is 14.1. The van der Waals surface area contributed by atoms with Gasteiger partial charge in [-0.2, -0.15) is 31.6 Å². The SMILES string of the molecule is Cc1cc(F)ccc1-c1sc(CN2CCNCC2)c(C#N)c1N(C)C(=O)C(C)(C)c1cc(C(F)(F)F)cc(C(F)(F)F)c1.Cl. The van der Waals surface area contributed by atoms with Crippen molar-refractivity contribution in [2.45, 2.75) is 45.1 Å². The minimum Gasteiger partial charge on any atom is -0.314 e. The lowest BCUT2D eigenvalue weighted by Gasteiger charge is -2.31. The summed E-state index contributed by atoms with van der Waals surface area (Å²) in [4.78, 5) is 18.4. The lowest BCUT2D eigenvalue weighted by Crippen LogP contribution is -2.43. The number of alkyl halides is 6. The number of benzene rings is 2. The third kappa shape index (κ3) is 7.20. The van der Waals surface area contributed by atoms with E-state index in [1.165, 1.54) is 50.4 Å². The molecule has 2 heterocycles. The molecule has 1 aliphatic rings. The van der Waals surface area contributed by atoms with Crippen LogP contribution in [0.5, 0.6) is 0 Å². The molecule has 1 aromatic heterocycles. The van der Waals surface area contributed by atoms with Crippen molar-refractivity contribution in [2.24, 2.45) is 0 Å². The molecule has 1 saturated heterocycles. The summed E-state index contributed by atoms with van der Waals surface area (Å²) in [6.45, 7) is 7.44. The molecule has 0 atom stereocenters. The number of halogens is 8. The van der Waals surface area contributed by atoms with Crippen molar-refractivity contribution < 1.29 is 35.5 Å². The van der Waals surface area contributed by atoms with E-state index < -0.39 is 46.2 Å². The topological polar surface area (TPSA) is 59.4 Å². The largest absolute Gasteiger partial charge is 0.416 e.